The number of aromatic nitrogens is 1. The summed E-state index contributed by atoms with van der Waals surface area (Å²) >= 11 is 5.62. The molecule has 0 aromatic carbocycles. The second kappa shape index (κ2) is 7.22. The lowest BCUT2D eigenvalue weighted by Gasteiger charge is -2.27. The number of hydrogen-bond donors (Lipinski definition) is 3. The minimum Gasteiger partial charge on any atom is -0.481 e. The molecule has 118 valence electrons. The average Bonchev–Trinajstić information content (AvgIpc) is 2.53. The van der Waals surface area contributed by atoms with E-state index >= 15 is 0 Å². The molecule has 22 heavy (non-hydrogen) atoms. The van der Waals surface area contributed by atoms with Gasteiger partial charge in [-0.25, -0.2) is 4.98 Å². The molecule has 0 spiro atoms. The van der Waals surface area contributed by atoms with Gasteiger partial charge in [-0.3, -0.25) is 25.2 Å². The Morgan fingerprint density at radius 3 is 2.41 bits per heavy atom. The summed E-state index contributed by atoms with van der Waals surface area (Å²) in [6.45, 7) is 0. The number of carboxylic acids is 1. The van der Waals surface area contributed by atoms with Crippen LogP contribution < -0.4 is 10.9 Å². The predicted octanol–water partition coefficient (Wildman–Crippen LogP) is 1.39. The molecule has 1 aromatic rings. The van der Waals surface area contributed by atoms with E-state index in [1.54, 1.807) is 0 Å². The van der Waals surface area contributed by atoms with Crippen molar-refractivity contribution in [1.29, 1.82) is 0 Å². The number of carbonyl (C=O) groups excluding carboxylic acids is 2. The van der Waals surface area contributed by atoms with Crippen LogP contribution in [0.1, 0.15) is 36.0 Å². The summed E-state index contributed by atoms with van der Waals surface area (Å²) < 4.78 is 0. The summed E-state index contributed by atoms with van der Waals surface area (Å²) in [7, 11) is 0. The van der Waals surface area contributed by atoms with E-state index in [0.29, 0.717) is 12.8 Å². The molecule has 2 unspecified atom stereocenters. The predicted molar refractivity (Wildman–Crippen MR) is 77.9 cm³/mol. The van der Waals surface area contributed by atoms with Crippen LogP contribution in [0.15, 0.2) is 18.3 Å². The van der Waals surface area contributed by atoms with Crippen molar-refractivity contribution in [1.82, 2.24) is 15.8 Å². The van der Waals surface area contributed by atoms with Gasteiger partial charge in [0.05, 0.1) is 17.4 Å². The number of nitrogens with zero attached hydrogens (tertiary/aromatic N) is 1. The van der Waals surface area contributed by atoms with E-state index in [1.165, 1.54) is 18.3 Å². The van der Waals surface area contributed by atoms with E-state index in [2.05, 4.69) is 15.8 Å². The molecule has 1 aliphatic rings. The number of carboxylic acid groups (broad SMARTS) is 1. The van der Waals surface area contributed by atoms with Gasteiger partial charge >= 0.3 is 5.97 Å². The van der Waals surface area contributed by atoms with Gasteiger partial charge in [-0.1, -0.05) is 24.4 Å². The molecule has 0 aliphatic heterocycles. The van der Waals surface area contributed by atoms with Gasteiger partial charge in [-0.2, -0.15) is 0 Å². The average molecular weight is 326 g/mol. The largest absolute Gasteiger partial charge is 0.481 e. The van der Waals surface area contributed by atoms with Crippen molar-refractivity contribution in [3.63, 3.8) is 0 Å². The highest BCUT2D eigenvalue weighted by molar-refractivity contribution is 6.29. The molecule has 7 nitrogen and oxygen atoms in total. The topological polar surface area (TPSA) is 108 Å². The van der Waals surface area contributed by atoms with Gasteiger partial charge in [0.25, 0.3) is 5.91 Å². The highest BCUT2D eigenvalue weighted by Gasteiger charge is 2.35. The number of halogens is 1. The number of hydrazine groups is 1. The fraction of sp³-hybridized carbons (Fsp3) is 0.429. The van der Waals surface area contributed by atoms with Gasteiger partial charge in [0.2, 0.25) is 5.91 Å². The fourth-order valence-corrected chi connectivity index (χ4v) is 2.65. The van der Waals surface area contributed by atoms with Gasteiger partial charge in [0, 0.05) is 6.20 Å². The van der Waals surface area contributed by atoms with Crippen LogP contribution >= 0.6 is 11.6 Å². The molecule has 1 heterocycles. The zero-order chi connectivity index (χ0) is 16.1. The monoisotopic (exact) mass is 325 g/mol. The summed E-state index contributed by atoms with van der Waals surface area (Å²) in [5.41, 5.74) is 4.79. The third-order valence-corrected chi connectivity index (χ3v) is 3.93. The second-order valence-corrected chi connectivity index (χ2v) is 5.54. The smallest absolute Gasteiger partial charge is 0.307 e. The number of nitrogens with one attached hydrogen (secondary N) is 2. The van der Waals surface area contributed by atoms with E-state index in [9.17, 15) is 14.4 Å². The van der Waals surface area contributed by atoms with E-state index in [-0.39, 0.29) is 10.7 Å². The first-order valence-electron chi connectivity index (χ1n) is 6.93. The molecule has 1 fully saturated rings. The molecular weight excluding hydrogens is 310 g/mol. The maximum Gasteiger partial charge on any atom is 0.307 e. The van der Waals surface area contributed by atoms with Crippen molar-refractivity contribution in [2.45, 2.75) is 25.7 Å². The van der Waals surface area contributed by atoms with E-state index in [1.807, 2.05) is 0 Å². The van der Waals surface area contributed by atoms with Gasteiger partial charge in [0.15, 0.2) is 0 Å². The Bertz CT molecular complexity index is 576. The number of pyridine rings is 1. The lowest BCUT2D eigenvalue weighted by molar-refractivity contribution is -0.149. The van der Waals surface area contributed by atoms with Gasteiger partial charge in [-0.05, 0) is 25.0 Å². The van der Waals surface area contributed by atoms with E-state index in [4.69, 9.17) is 16.7 Å². The third kappa shape index (κ3) is 3.94. The normalized spacial score (nSPS) is 21.0. The Hall–Kier alpha value is -2.15. The Morgan fingerprint density at radius 1 is 1.14 bits per heavy atom. The maximum absolute atomic E-state index is 12.1. The van der Waals surface area contributed by atoms with Crippen LogP contribution in [0.2, 0.25) is 5.15 Å². The van der Waals surface area contributed by atoms with Crippen molar-refractivity contribution < 1.29 is 19.5 Å². The number of hydrogen-bond acceptors (Lipinski definition) is 4. The highest BCUT2D eigenvalue weighted by atomic mass is 35.5. The highest BCUT2D eigenvalue weighted by Crippen LogP contribution is 2.30. The second-order valence-electron chi connectivity index (χ2n) is 5.15. The first-order chi connectivity index (χ1) is 10.5. The number of aliphatic carboxylic acids is 1. The van der Waals surface area contributed by atoms with Crippen molar-refractivity contribution in [3.05, 3.63) is 29.0 Å². The van der Waals surface area contributed by atoms with Gasteiger partial charge in [-0.15, -0.1) is 0 Å². The van der Waals surface area contributed by atoms with Crippen molar-refractivity contribution in [2.24, 2.45) is 11.8 Å². The molecular formula is C14H16ClN3O4. The Labute approximate surface area is 132 Å². The minimum absolute atomic E-state index is 0.239. The van der Waals surface area contributed by atoms with Crippen LogP contribution in [-0.2, 0) is 9.59 Å². The molecule has 3 N–H and O–H groups in total. The molecule has 0 saturated heterocycles. The molecule has 0 bridgehead atoms. The summed E-state index contributed by atoms with van der Waals surface area (Å²) in [4.78, 5) is 38.8. The fourth-order valence-electron chi connectivity index (χ4n) is 2.53. The van der Waals surface area contributed by atoms with Gasteiger partial charge in [0.1, 0.15) is 5.15 Å². The Kier molecular flexibility index (Phi) is 5.32. The van der Waals surface area contributed by atoms with E-state index < -0.39 is 29.6 Å². The lowest BCUT2D eigenvalue weighted by atomic mass is 9.79. The van der Waals surface area contributed by atoms with Crippen LogP contribution in [0.25, 0.3) is 0 Å². The molecule has 2 atom stereocenters. The molecule has 1 aliphatic carbocycles. The van der Waals surface area contributed by atoms with Crippen molar-refractivity contribution in [2.75, 3.05) is 0 Å². The first-order valence-corrected chi connectivity index (χ1v) is 7.31. The zero-order valence-corrected chi connectivity index (χ0v) is 12.5. The van der Waals surface area contributed by atoms with Gasteiger partial charge < -0.3 is 5.11 Å². The molecule has 0 radical (unpaired) electrons. The van der Waals surface area contributed by atoms with Crippen LogP contribution in [0.3, 0.4) is 0 Å². The van der Waals surface area contributed by atoms with Crippen LogP contribution in [-0.4, -0.2) is 27.9 Å². The van der Waals surface area contributed by atoms with E-state index in [0.717, 1.165) is 12.8 Å². The molecule has 2 amide bonds. The Balaban J connectivity index is 1.92. The maximum atomic E-state index is 12.1. The Morgan fingerprint density at radius 2 is 1.82 bits per heavy atom. The minimum atomic E-state index is -0.979. The molecule has 8 heteroatoms. The summed E-state index contributed by atoms with van der Waals surface area (Å²) in [6, 6.07) is 2.93. The molecule has 1 saturated carbocycles. The quantitative estimate of drug-likeness (QED) is 0.575. The lowest BCUT2D eigenvalue weighted by Crippen LogP contribution is -2.47. The van der Waals surface area contributed by atoms with Crippen LogP contribution in [0.4, 0.5) is 0 Å². The summed E-state index contributed by atoms with van der Waals surface area (Å²) in [5.74, 6) is -3.34. The van der Waals surface area contributed by atoms with Crippen molar-refractivity contribution >= 4 is 29.4 Å². The number of carbonyl (C=O) groups is 3. The van der Waals surface area contributed by atoms with Crippen molar-refractivity contribution in [3.8, 4) is 0 Å². The molecule has 2 rings (SSSR count). The van der Waals surface area contributed by atoms with Crippen LogP contribution in [0.5, 0.6) is 0 Å². The SMILES string of the molecule is O=C(NNC(=O)C1CCCCC1C(=O)O)c1ccc(Cl)nc1. The first kappa shape index (κ1) is 16.2. The standard InChI is InChI=1S/C14H16ClN3O4/c15-11-6-5-8(7-16-11)12(19)17-18-13(20)9-3-1-2-4-10(9)14(21)22/h5-7,9-10H,1-4H2,(H,17,19)(H,18,20)(H,21,22). The summed E-state index contributed by atoms with van der Waals surface area (Å²) in [5, 5.41) is 9.41. The van der Waals surface area contributed by atoms with Crippen LogP contribution in [0, 0.1) is 11.8 Å². The number of amides is 2. The summed E-state index contributed by atoms with van der Waals surface area (Å²) in [6.07, 6.45) is 3.86. The zero-order valence-electron chi connectivity index (χ0n) is 11.7. The third-order valence-electron chi connectivity index (χ3n) is 3.71. The molecule has 1 aromatic heterocycles. The number of rotatable bonds is 3.